The molecule has 2 rings (SSSR count). The topological polar surface area (TPSA) is 20.2 Å². The minimum atomic E-state index is -1.01. The predicted molar refractivity (Wildman–Crippen MR) is 80.9 cm³/mol. The zero-order chi connectivity index (χ0) is 15.9. The summed E-state index contributed by atoms with van der Waals surface area (Å²) in [7, 11) is 0. The van der Waals surface area contributed by atoms with Crippen LogP contribution in [-0.4, -0.2) is 5.11 Å². The number of aromatic hydroxyl groups is 1. The van der Waals surface area contributed by atoms with Gasteiger partial charge in [-0.25, -0.2) is 8.78 Å². The smallest absolute Gasteiger partial charge is 0.166 e. The van der Waals surface area contributed by atoms with E-state index in [0.717, 1.165) is 6.07 Å². The highest BCUT2D eigenvalue weighted by atomic mass is 19.2. The van der Waals surface area contributed by atoms with E-state index in [1.54, 1.807) is 6.92 Å². The number of rotatable bonds is 0. The molecule has 2 aromatic carbocycles. The first-order valence-electron chi connectivity index (χ1n) is 6.62. The summed E-state index contributed by atoms with van der Waals surface area (Å²) in [4.78, 5) is 0. The zero-order valence-electron chi connectivity index (χ0n) is 12.5. The molecule has 0 aliphatic carbocycles. The van der Waals surface area contributed by atoms with Gasteiger partial charge in [-0.1, -0.05) is 33.6 Å². The highest BCUT2D eigenvalue weighted by Crippen LogP contribution is 2.30. The summed E-state index contributed by atoms with van der Waals surface area (Å²) < 4.78 is 26.7. The summed E-state index contributed by atoms with van der Waals surface area (Å²) in [6, 6.07) is 3.61. The molecule has 0 aromatic heterocycles. The summed E-state index contributed by atoms with van der Waals surface area (Å²) >= 11 is 0. The second-order valence-electron chi connectivity index (χ2n) is 3.55. The fourth-order valence-electron chi connectivity index (χ4n) is 1.80. The predicted octanol–water partition coefficient (Wildman–Crippen LogP) is 5.17. The van der Waals surface area contributed by atoms with Crippen molar-refractivity contribution in [1.82, 2.24) is 0 Å². The Bertz CT molecular complexity index is 625. The van der Waals surface area contributed by atoms with Crippen LogP contribution < -0.4 is 0 Å². The largest absolute Gasteiger partial charge is 0.508 e. The van der Waals surface area contributed by atoms with Crippen molar-refractivity contribution in [2.75, 3.05) is 0 Å². The van der Waals surface area contributed by atoms with E-state index in [9.17, 15) is 13.9 Å². The number of terminal acetylenes is 1. The van der Waals surface area contributed by atoms with Gasteiger partial charge in [0.1, 0.15) is 5.75 Å². The van der Waals surface area contributed by atoms with Crippen LogP contribution in [0.3, 0.4) is 0 Å². The molecule has 0 amide bonds. The van der Waals surface area contributed by atoms with Gasteiger partial charge < -0.3 is 5.11 Å². The van der Waals surface area contributed by atoms with Crippen molar-refractivity contribution in [3.8, 4) is 18.1 Å². The number of halogens is 2. The molecule has 1 N–H and O–H groups in total. The second kappa shape index (κ2) is 8.16. The van der Waals surface area contributed by atoms with Crippen molar-refractivity contribution in [1.29, 1.82) is 0 Å². The van der Waals surface area contributed by atoms with E-state index in [2.05, 4.69) is 5.92 Å². The van der Waals surface area contributed by atoms with E-state index in [1.165, 1.54) is 12.1 Å². The maximum atomic E-state index is 13.5. The monoisotopic (exact) mass is 278 g/mol. The number of phenols is 1. The fraction of sp³-hybridized carbons (Fsp3) is 0.294. The van der Waals surface area contributed by atoms with Gasteiger partial charge in [0, 0.05) is 16.3 Å². The van der Waals surface area contributed by atoms with Crippen molar-refractivity contribution in [3.05, 3.63) is 41.0 Å². The fourth-order valence-corrected chi connectivity index (χ4v) is 1.80. The SMILES string of the molecule is C#Cc1cc(F)c(F)c2cc(O)cc(C)c12.CC.CC. The van der Waals surface area contributed by atoms with E-state index < -0.39 is 11.6 Å². The van der Waals surface area contributed by atoms with Crippen LogP contribution >= 0.6 is 0 Å². The lowest BCUT2D eigenvalue weighted by Gasteiger charge is -2.08. The molecule has 0 bridgehead atoms. The number of phenolic OH excluding ortho intramolecular Hbond substituents is 1. The quantitative estimate of drug-likeness (QED) is 0.659. The van der Waals surface area contributed by atoms with E-state index in [0.29, 0.717) is 10.9 Å². The van der Waals surface area contributed by atoms with Crippen molar-refractivity contribution in [2.24, 2.45) is 0 Å². The van der Waals surface area contributed by atoms with Gasteiger partial charge >= 0.3 is 0 Å². The van der Waals surface area contributed by atoms with Gasteiger partial charge in [0.05, 0.1) is 0 Å². The third kappa shape index (κ3) is 3.48. The third-order valence-corrected chi connectivity index (χ3v) is 2.46. The van der Waals surface area contributed by atoms with Crippen LogP contribution in [0.5, 0.6) is 5.75 Å². The molecule has 0 aliphatic rings. The first kappa shape index (κ1) is 17.9. The molecule has 0 aliphatic heterocycles. The number of fused-ring (bicyclic) bond motifs is 1. The van der Waals surface area contributed by atoms with Crippen molar-refractivity contribution < 1.29 is 13.9 Å². The van der Waals surface area contributed by atoms with Crippen LogP contribution in [-0.2, 0) is 0 Å². The lowest BCUT2D eigenvalue weighted by molar-refractivity contribution is 0.474. The van der Waals surface area contributed by atoms with Gasteiger partial charge in [-0.3, -0.25) is 0 Å². The molecule has 0 fully saturated rings. The van der Waals surface area contributed by atoms with Gasteiger partial charge in [0.25, 0.3) is 0 Å². The minimum Gasteiger partial charge on any atom is -0.508 e. The van der Waals surface area contributed by atoms with Crippen LogP contribution in [0.2, 0.25) is 0 Å². The highest BCUT2D eigenvalue weighted by molar-refractivity contribution is 5.92. The lowest BCUT2D eigenvalue weighted by Crippen LogP contribution is -1.92. The van der Waals surface area contributed by atoms with Gasteiger partial charge in [-0.05, 0) is 30.7 Å². The average Bonchev–Trinajstić information content (AvgIpc) is 2.47. The van der Waals surface area contributed by atoms with Gasteiger partial charge in [0.15, 0.2) is 11.6 Å². The Morgan fingerprint density at radius 3 is 2.10 bits per heavy atom. The summed E-state index contributed by atoms with van der Waals surface area (Å²) in [5.74, 6) is 0.195. The Labute approximate surface area is 119 Å². The Morgan fingerprint density at radius 1 is 1.05 bits per heavy atom. The maximum absolute atomic E-state index is 13.5. The zero-order valence-corrected chi connectivity index (χ0v) is 12.5. The summed E-state index contributed by atoms with van der Waals surface area (Å²) in [6.45, 7) is 9.68. The van der Waals surface area contributed by atoms with Crippen LogP contribution in [0, 0.1) is 30.9 Å². The second-order valence-corrected chi connectivity index (χ2v) is 3.55. The molecule has 2 aromatic rings. The first-order chi connectivity index (χ1) is 9.54. The number of aryl methyl sites for hydroxylation is 1. The van der Waals surface area contributed by atoms with Crippen molar-refractivity contribution >= 4 is 10.8 Å². The van der Waals surface area contributed by atoms with Crippen LogP contribution in [0.15, 0.2) is 18.2 Å². The molecule has 108 valence electrons. The van der Waals surface area contributed by atoms with Gasteiger partial charge in [0.2, 0.25) is 0 Å². The van der Waals surface area contributed by atoms with Crippen LogP contribution in [0.1, 0.15) is 38.8 Å². The standard InChI is InChI=1S/C13H8F2O.2C2H6/c1-3-8-5-11(14)13(15)10-6-9(16)4-7(2)12(8)10;2*1-2/h1,4-6,16H,2H3;2*1-2H3. The number of hydrogen-bond acceptors (Lipinski definition) is 1. The van der Waals surface area contributed by atoms with Gasteiger partial charge in [-0.2, -0.15) is 0 Å². The van der Waals surface area contributed by atoms with E-state index in [1.807, 2.05) is 27.7 Å². The lowest BCUT2D eigenvalue weighted by atomic mass is 9.99. The molecule has 0 saturated heterocycles. The van der Waals surface area contributed by atoms with E-state index in [4.69, 9.17) is 6.42 Å². The molecule has 0 radical (unpaired) electrons. The van der Waals surface area contributed by atoms with Crippen LogP contribution in [0.25, 0.3) is 10.8 Å². The molecule has 0 unspecified atom stereocenters. The minimum absolute atomic E-state index is 0.00505. The summed E-state index contributed by atoms with van der Waals surface area (Å²) in [5.41, 5.74) is 0.897. The van der Waals surface area contributed by atoms with Crippen LogP contribution in [0.4, 0.5) is 8.78 Å². The normalized spacial score (nSPS) is 8.90. The van der Waals surface area contributed by atoms with E-state index in [-0.39, 0.29) is 16.7 Å². The molecule has 3 heteroatoms. The average molecular weight is 278 g/mol. The molecule has 0 spiro atoms. The molecular weight excluding hydrogens is 258 g/mol. The first-order valence-corrected chi connectivity index (χ1v) is 6.62. The Balaban J connectivity index is 0.000000829. The molecule has 0 saturated carbocycles. The third-order valence-electron chi connectivity index (χ3n) is 2.46. The van der Waals surface area contributed by atoms with Crippen molar-refractivity contribution in [2.45, 2.75) is 34.6 Å². The summed E-state index contributed by atoms with van der Waals surface area (Å²) in [5, 5.41) is 9.81. The Morgan fingerprint density at radius 2 is 1.60 bits per heavy atom. The molecular formula is C17H20F2O. The van der Waals surface area contributed by atoms with E-state index >= 15 is 0 Å². The Hall–Kier alpha value is -2.08. The number of hydrogen-bond donors (Lipinski definition) is 1. The molecule has 1 nitrogen and oxygen atoms in total. The molecule has 0 atom stereocenters. The highest BCUT2D eigenvalue weighted by Gasteiger charge is 2.13. The number of benzene rings is 2. The molecule has 0 heterocycles. The molecule has 20 heavy (non-hydrogen) atoms. The Kier molecular flexibility index (Phi) is 7.31. The van der Waals surface area contributed by atoms with Gasteiger partial charge in [-0.15, -0.1) is 6.42 Å². The summed E-state index contributed by atoms with van der Waals surface area (Å²) in [6.07, 6.45) is 5.24. The maximum Gasteiger partial charge on any atom is 0.166 e. The van der Waals surface area contributed by atoms with Crippen molar-refractivity contribution in [3.63, 3.8) is 0 Å².